The van der Waals surface area contributed by atoms with E-state index in [0.717, 1.165) is 41.3 Å². The Kier molecular flexibility index (Phi) is 4.57. The first kappa shape index (κ1) is 16.1. The van der Waals surface area contributed by atoms with E-state index in [-0.39, 0.29) is 6.04 Å². The zero-order chi connectivity index (χ0) is 16.5. The number of methoxy groups -OCH3 is 1. The number of ether oxygens (including phenoxy) is 1. The second-order valence-electron chi connectivity index (χ2n) is 7.98. The highest BCUT2D eigenvalue weighted by Gasteiger charge is 2.45. The van der Waals surface area contributed by atoms with Crippen LogP contribution in [0.15, 0.2) is 18.2 Å². The lowest BCUT2D eigenvalue weighted by Crippen LogP contribution is -2.42. The molecule has 24 heavy (non-hydrogen) atoms. The van der Waals surface area contributed by atoms with Gasteiger partial charge in [0.05, 0.1) is 24.5 Å². The first-order chi connectivity index (χ1) is 11.7. The van der Waals surface area contributed by atoms with Crippen molar-refractivity contribution in [3.8, 4) is 5.75 Å². The van der Waals surface area contributed by atoms with Gasteiger partial charge in [0.25, 0.3) is 0 Å². The summed E-state index contributed by atoms with van der Waals surface area (Å²) in [5, 5.41) is 17.0. The topological polar surface area (TPSA) is 53.5 Å². The first-order valence-electron chi connectivity index (χ1n) is 9.62. The lowest BCUT2D eigenvalue weighted by Gasteiger charge is -2.33. The molecule has 4 rings (SSSR count). The van der Waals surface area contributed by atoms with Crippen molar-refractivity contribution in [2.24, 2.45) is 17.8 Å². The molecule has 2 fully saturated rings. The average Bonchev–Trinajstić information content (AvgIpc) is 3.20. The van der Waals surface area contributed by atoms with Crippen molar-refractivity contribution in [3.63, 3.8) is 0 Å². The van der Waals surface area contributed by atoms with Crippen LogP contribution >= 0.6 is 0 Å². The molecule has 3 unspecified atom stereocenters. The molecule has 4 heteroatoms. The van der Waals surface area contributed by atoms with Crippen molar-refractivity contribution >= 4 is 11.4 Å². The van der Waals surface area contributed by atoms with E-state index < -0.39 is 6.23 Å². The van der Waals surface area contributed by atoms with Gasteiger partial charge in [0.2, 0.25) is 0 Å². The van der Waals surface area contributed by atoms with E-state index in [1.165, 1.54) is 44.9 Å². The minimum atomic E-state index is -0.536. The van der Waals surface area contributed by atoms with Gasteiger partial charge < -0.3 is 20.5 Å². The molecule has 0 spiro atoms. The lowest BCUT2D eigenvalue weighted by atomic mass is 9.95. The SMILES string of the molecule is COc1ccc2c(c1)NC(O)C(CCCCCC1C[C@@H]3C[C@@H]3C1)N2. The number of hydrogen-bond acceptors (Lipinski definition) is 4. The van der Waals surface area contributed by atoms with Gasteiger partial charge in [0.15, 0.2) is 0 Å². The van der Waals surface area contributed by atoms with Gasteiger partial charge in [-0.2, -0.15) is 0 Å². The number of benzene rings is 1. The number of rotatable bonds is 7. The molecule has 1 aromatic carbocycles. The molecule has 1 aromatic rings. The molecule has 3 N–H and O–H groups in total. The van der Waals surface area contributed by atoms with Gasteiger partial charge in [-0.15, -0.1) is 0 Å². The van der Waals surface area contributed by atoms with Gasteiger partial charge in [0, 0.05) is 6.07 Å². The number of fused-ring (bicyclic) bond motifs is 2. The largest absolute Gasteiger partial charge is 0.497 e. The van der Waals surface area contributed by atoms with Crippen LogP contribution in [0.5, 0.6) is 5.75 Å². The molecule has 132 valence electrons. The molecule has 4 nitrogen and oxygen atoms in total. The maximum atomic E-state index is 10.3. The van der Waals surface area contributed by atoms with Crippen LogP contribution in [0.3, 0.4) is 0 Å². The molecule has 1 aliphatic heterocycles. The number of aliphatic hydroxyl groups is 1. The molecule has 0 aromatic heterocycles. The first-order valence-corrected chi connectivity index (χ1v) is 9.62. The highest BCUT2D eigenvalue weighted by molar-refractivity contribution is 5.73. The Morgan fingerprint density at radius 2 is 1.79 bits per heavy atom. The molecule has 5 atom stereocenters. The quantitative estimate of drug-likeness (QED) is 0.655. The molecular formula is C20H30N2O2. The summed E-state index contributed by atoms with van der Waals surface area (Å²) in [5.41, 5.74) is 1.97. The zero-order valence-corrected chi connectivity index (χ0v) is 14.6. The third kappa shape index (κ3) is 3.49. The fourth-order valence-corrected chi connectivity index (χ4v) is 4.71. The Labute approximate surface area is 145 Å². The minimum Gasteiger partial charge on any atom is -0.497 e. The van der Waals surface area contributed by atoms with Gasteiger partial charge in [-0.1, -0.05) is 25.7 Å². The number of aliphatic hydroxyl groups excluding tert-OH is 1. The molecule has 2 saturated carbocycles. The summed E-state index contributed by atoms with van der Waals surface area (Å²) >= 11 is 0. The zero-order valence-electron chi connectivity index (χ0n) is 14.6. The average molecular weight is 330 g/mol. The standard InChI is InChI=1S/C20H30N2O2/c1-24-16-7-8-17-19(12-16)22-20(23)18(21-17)6-4-2-3-5-13-9-14-11-15(14)10-13/h7-8,12-15,18,20-23H,2-6,9-11H2,1H3/t13?,14-,15+,18?,20?. The maximum absolute atomic E-state index is 10.3. The monoisotopic (exact) mass is 330 g/mol. The fourth-order valence-electron chi connectivity index (χ4n) is 4.71. The number of anilines is 2. The summed E-state index contributed by atoms with van der Waals surface area (Å²) in [6.07, 6.45) is 10.3. The molecule has 2 aliphatic carbocycles. The van der Waals surface area contributed by atoms with E-state index in [9.17, 15) is 5.11 Å². The van der Waals surface area contributed by atoms with Gasteiger partial charge in [-0.25, -0.2) is 0 Å². The number of unbranched alkanes of at least 4 members (excludes halogenated alkanes) is 2. The van der Waals surface area contributed by atoms with Crippen molar-refractivity contribution < 1.29 is 9.84 Å². The Morgan fingerprint density at radius 3 is 2.58 bits per heavy atom. The van der Waals surface area contributed by atoms with Crippen LogP contribution in [0.25, 0.3) is 0 Å². The molecule has 0 bridgehead atoms. The highest BCUT2D eigenvalue weighted by atomic mass is 16.5. The van der Waals surface area contributed by atoms with E-state index in [1.807, 2.05) is 18.2 Å². The Bertz CT molecular complexity index is 567. The van der Waals surface area contributed by atoms with Crippen molar-refractivity contribution in [1.82, 2.24) is 0 Å². The Hall–Kier alpha value is -1.42. The molecule has 0 radical (unpaired) electrons. The van der Waals surface area contributed by atoms with E-state index in [0.29, 0.717) is 0 Å². The van der Waals surface area contributed by atoms with Crippen molar-refractivity contribution in [1.29, 1.82) is 0 Å². The van der Waals surface area contributed by atoms with Crippen LogP contribution in [0.2, 0.25) is 0 Å². The predicted molar refractivity (Wildman–Crippen MR) is 97.4 cm³/mol. The fraction of sp³-hybridized carbons (Fsp3) is 0.700. The van der Waals surface area contributed by atoms with Crippen LogP contribution in [-0.4, -0.2) is 24.5 Å². The van der Waals surface area contributed by atoms with Crippen LogP contribution < -0.4 is 15.4 Å². The Morgan fingerprint density at radius 1 is 1.00 bits per heavy atom. The summed E-state index contributed by atoms with van der Waals surface area (Å²) in [4.78, 5) is 0. The molecule has 3 aliphatic rings. The molecule has 0 amide bonds. The van der Waals surface area contributed by atoms with Crippen LogP contribution in [-0.2, 0) is 0 Å². The van der Waals surface area contributed by atoms with Crippen LogP contribution in [0.4, 0.5) is 11.4 Å². The van der Waals surface area contributed by atoms with Gasteiger partial charge in [0.1, 0.15) is 12.0 Å². The normalized spacial score (nSPS) is 33.2. The third-order valence-corrected chi connectivity index (χ3v) is 6.22. The van der Waals surface area contributed by atoms with E-state index in [2.05, 4.69) is 10.6 Å². The van der Waals surface area contributed by atoms with Crippen LogP contribution in [0, 0.1) is 17.8 Å². The predicted octanol–water partition coefficient (Wildman–Crippen LogP) is 4.22. The summed E-state index contributed by atoms with van der Waals surface area (Å²) in [7, 11) is 1.66. The van der Waals surface area contributed by atoms with Gasteiger partial charge in [-0.05, 0) is 55.6 Å². The lowest BCUT2D eigenvalue weighted by molar-refractivity contribution is 0.171. The molecular weight excluding hydrogens is 300 g/mol. The second kappa shape index (κ2) is 6.83. The third-order valence-electron chi connectivity index (χ3n) is 6.22. The number of hydrogen-bond donors (Lipinski definition) is 3. The summed E-state index contributed by atoms with van der Waals surface area (Å²) in [5.74, 6) is 4.05. The minimum absolute atomic E-state index is 0.0880. The van der Waals surface area contributed by atoms with Gasteiger partial charge >= 0.3 is 0 Å². The smallest absolute Gasteiger partial charge is 0.144 e. The van der Waals surface area contributed by atoms with Crippen molar-refractivity contribution in [2.75, 3.05) is 17.7 Å². The summed E-state index contributed by atoms with van der Waals surface area (Å²) < 4.78 is 5.24. The van der Waals surface area contributed by atoms with Crippen molar-refractivity contribution in [3.05, 3.63) is 18.2 Å². The maximum Gasteiger partial charge on any atom is 0.144 e. The van der Waals surface area contributed by atoms with E-state index in [4.69, 9.17) is 4.74 Å². The molecule has 0 saturated heterocycles. The van der Waals surface area contributed by atoms with Gasteiger partial charge in [-0.3, -0.25) is 0 Å². The van der Waals surface area contributed by atoms with E-state index >= 15 is 0 Å². The molecule has 1 heterocycles. The number of nitrogens with one attached hydrogen (secondary N) is 2. The second-order valence-corrected chi connectivity index (χ2v) is 7.98. The van der Waals surface area contributed by atoms with E-state index in [1.54, 1.807) is 7.11 Å². The van der Waals surface area contributed by atoms with Crippen molar-refractivity contribution in [2.45, 2.75) is 63.6 Å². The summed E-state index contributed by atoms with van der Waals surface area (Å²) in [6, 6.07) is 5.98. The highest BCUT2D eigenvalue weighted by Crippen LogP contribution is 2.55. The van der Waals surface area contributed by atoms with Crippen LogP contribution in [0.1, 0.15) is 51.4 Å². The summed E-state index contributed by atoms with van der Waals surface area (Å²) in [6.45, 7) is 0. The Balaban J connectivity index is 1.19.